The standard InChI is InChI=1S/C13H18NO/c1-11-5-3-4-6-13(11)14-9-7-12(15-2)8-10-14/h4-6,12H,7-10H2,1-2H3. The van der Waals surface area contributed by atoms with Crippen molar-refractivity contribution in [3.05, 3.63) is 29.8 Å². The topological polar surface area (TPSA) is 12.5 Å². The van der Waals surface area contributed by atoms with Gasteiger partial charge >= 0.3 is 0 Å². The molecule has 1 aliphatic rings. The second-order valence-electron chi connectivity index (χ2n) is 4.13. The Balaban J connectivity index is 2.04. The van der Waals surface area contributed by atoms with E-state index in [2.05, 4.69) is 30.0 Å². The predicted octanol–water partition coefficient (Wildman–Crippen LogP) is 2.41. The lowest BCUT2D eigenvalue weighted by Gasteiger charge is -2.33. The SMILES string of the molecule is COC1CCN(c2cc[c]cc2C)CC1. The molecule has 1 saturated heterocycles. The van der Waals surface area contributed by atoms with Crippen molar-refractivity contribution in [2.24, 2.45) is 0 Å². The number of piperidine rings is 1. The third-order valence-corrected chi connectivity index (χ3v) is 3.16. The van der Waals surface area contributed by atoms with E-state index in [1.165, 1.54) is 11.3 Å². The van der Waals surface area contributed by atoms with Crippen LogP contribution in [0.5, 0.6) is 0 Å². The lowest BCUT2D eigenvalue weighted by molar-refractivity contribution is 0.0819. The fourth-order valence-corrected chi connectivity index (χ4v) is 2.19. The number of benzene rings is 1. The summed E-state index contributed by atoms with van der Waals surface area (Å²) in [5.41, 5.74) is 2.66. The van der Waals surface area contributed by atoms with Crippen LogP contribution in [0.25, 0.3) is 0 Å². The van der Waals surface area contributed by atoms with Crippen LogP contribution in [0.4, 0.5) is 5.69 Å². The fourth-order valence-electron chi connectivity index (χ4n) is 2.19. The van der Waals surface area contributed by atoms with Crippen molar-refractivity contribution >= 4 is 5.69 Å². The molecule has 0 N–H and O–H groups in total. The van der Waals surface area contributed by atoms with E-state index in [4.69, 9.17) is 4.74 Å². The van der Waals surface area contributed by atoms with Crippen LogP contribution in [-0.4, -0.2) is 26.3 Å². The van der Waals surface area contributed by atoms with E-state index < -0.39 is 0 Å². The summed E-state index contributed by atoms with van der Waals surface area (Å²) in [7, 11) is 1.81. The summed E-state index contributed by atoms with van der Waals surface area (Å²) in [6.07, 6.45) is 2.72. The zero-order valence-corrected chi connectivity index (χ0v) is 9.49. The first-order valence-electron chi connectivity index (χ1n) is 5.55. The maximum atomic E-state index is 5.37. The van der Waals surface area contributed by atoms with Crippen LogP contribution < -0.4 is 4.90 Å². The van der Waals surface area contributed by atoms with Crippen LogP contribution in [0.2, 0.25) is 0 Å². The Bertz CT molecular complexity index is 316. The molecule has 0 bridgehead atoms. The third-order valence-electron chi connectivity index (χ3n) is 3.16. The molecule has 0 spiro atoms. The molecule has 2 nitrogen and oxygen atoms in total. The number of anilines is 1. The fraction of sp³-hybridized carbons (Fsp3) is 0.538. The predicted molar refractivity (Wildman–Crippen MR) is 62.3 cm³/mol. The normalized spacial score (nSPS) is 18.1. The molecule has 81 valence electrons. The van der Waals surface area contributed by atoms with Gasteiger partial charge in [-0.05, 0) is 43.5 Å². The largest absolute Gasteiger partial charge is 0.381 e. The van der Waals surface area contributed by atoms with Crippen LogP contribution in [0.15, 0.2) is 18.2 Å². The van der Waals surface area contributed by atoms with Crippen molar-refractivity contribution in [1.29, 1.82) is 0 Å². The van der Waals surface area contributed by atoms with E-state index in [1.807, 2.05) is 13.2 Å². The first-order valence-corrected chi connectivity index (χ1v) is 5.55. The van der Waals surface area contributed by atoms with Gasteiger partial charge in [0, 0.05) is 25.9 Å². The molecule has 0 aromatic heterocycles. The molecule has 0 unspecified atom stereocenters. The Morgan fingerprint density at radius 3 is 2.73 bits per heavy atom. The van der Waals surface area contributed by atoms with Crippen molar-refractivity contribution < 1.29 is 4.74 Å². The Labute approximate surface area is 91.9 Å². The molecule has 1 aliphatic heterocycles. The van der Waals surface area contributed by atoms with Crippen molar-refractivity contribution in [3.63, 3.8) is 0 Å². The molecule has 1 fully saturated rings. The number of hydrogen-bond acceptors (Lipinski definition) is 2. The summed E-state index contributed by atoms with van der Waals surface area (Å²) >= 11 is 0. The van der Waals surface area contributed by atoms with E-state index in [-0.39, 0.29) is 0 Å². The van der Waals surface area contributed by atoms with Gasteiger partial charge < -0.3 is 9.64 Å². The molecule has 0 atom stereocenters. The summed E-state index contributed by atoms with van der Waals surface area (Å²) in [5.74, 6) is 0. The number of nitrogens with zero attached hydrogens (tertiary/aromatic N) is 1. The summed E-state index contributed by atoms with van der Waals surface area (Å²) in [5, 5.41) is 0. The van der Waals surface area contributed by atoms with Crippen LogP contribution >= 0.6 is 0 Å². The molecule has 1 heterocycles. The summed E-state index contributed by atoms with van der Waals surface area (Å²) in [6.45, 7) is 4.35. The van der Waals surface area contributed by atoms with Crippen molar-refractivity contribution in [1.82, 2.24) is 0 Å². The van der Waals surface area contributed by atoms with Gasteiger partial charge in [-0.3, -0.25) is 0 Å². The highest BCUT2D eigenvalue weighted by atomic mass is 16.5. The molecular formula is C13H18NO. The summed E-state index contributed by atoms with van der Waals surface area (Å²) in [4.78, 5) is 2.44. The quantitative estimate of drug-likeness (QED) is 0.733. The average Bonchev–Trinajstić information content (AvgIpc) is 2.30. The molecule has 0 saturated carbocycles. The molecule has 2 heteroatoms. The Kier molecular flexibility index (Phi) is 3.27. The first kappa shape index (κ1) is 10.5. The molecule has 0 aliphatic carbocycles. The molecule has 1 aromatic carbocycles. The summed E-state index contributed by atoms with van der Waals surface area (Å²) < 4.78 is 5.37. The zero-order chi connectivity index (χ0) is 10.7. The lowest BCUT2D eigenvalue weighted by atomic mass is 10.1. The van der Waals surface area contributed by atoms with Gasteiger partial charge in [0.05, 0.1) is 6.10 Å². The lowest BCUT2D eigenvalue weighted by Crippen LogP contribution is -2.36. The van der Waals surface area contributed by atoms with Crippen molar-refractivity contribution in [2.75, 3.05) is 25.1 Å². The Hall–Kier alpha value is -1.02. The highest BCUT2D eigenvalue weighted by Gasteiger charge is 2.19. The van der Waals surface area contributed by atoms with E-state index in [0.29, 0.717) is 6.10 Å². The van der Waals surface area contributed by atoms with Gasteiger partial charge in [0.2, 0.25) is 0 Å². The molecule has 1 aromatic rings. The number of ether oxygens (including phenoxy) is 1. The monoisotopic (exact) mass is 204 g/mol. The minimum atomic E-state index is 0.455. The smallest absolute Gasteiger partial charge is 0.0605 e. The van der Waals surface area contributed by atoms with Crippen LogP contribution in [0.3, 0.4) is 0 Å². The Morgan fingerprint density at radius 2 is 2.13 bits per heavy atom. The van der Waals surface area contributed by atoms with E-state index >= 15 is 0 Å². The van der Waals surface area contributed by atoms with Gasteiger partial charge in [0.15, 0.2) is 0 Å². The van der Waals surface area contributed by atoms with Gasteiger partial charge in [-0.25, -0.2) is 0 Å². The van der Waals surface area contributed by atoms with Gasteiger partial charge in [0.1, 0.15) is 0 Å². The molecule has 0 amide bonds. The molecule has 2 rings (SSSR count). The molecular weight excluding hydrogens is 186 g/mol. The number of hydrogen-bond donors (Lipinski definition) is 0. The highest BCUT2D eigenvalue weighted by molar-refractivity contribution is 5.52. The van der Waals surface area contributed by atoms with Crippen LogP contribution in [-0.2, 0) is 4.74 Å². The molecule has 15 heavy (non-hydrogen) atoms. The third kappa shape index (κ3) is 2.32. The summed E-state index contributed by atoms with van der Waals surface area (Å²) in [6, 6.07) is 9.31. The molecule has 1 radical (unpaired) electrons. The minimum absolute atomic E-state index is 0.455. The van der Waals surface area contributed by atoms with Crippen molar-refractivity contribution in [2.45, 2.75) is 25.9 Å². The van der Waals surface area contributed by atoms with Crippen LogP contribution in [0, 0.1) is 13.0 Å². The minimum Gasteiger partial charge on any atom is -0.381 e. The first-order chi connectivity index (χ1) is 7.31. The second kappa shape index (κ2) is 4.67. The van der Waals surface area contributed by atoms with Crippen molar-refractivity contribution in [3.8, 4) is 0 Å². The zero-order valence-electron chi connectivity index (χ0n) is 9.49. The second-order valence-corrected chi connectivity index (χ2v) is 4.13. The van der Waals surface area contributed by atoms with E-state index in [0.717, 1.165) is 25.9 Å². The number of rotatable bonds is 2. The van der Waals surface area contributed by atoms with Crippen LogP contribution in [0.1, 0.15) is 18.4 Å². The van der Waals surface area contributed by atoms with Gasteiger partial charge in [-0.2, -0.15) is 0 Å². The maximum Gasteiger partial charge on any atom is 0.0605 e. The number of methoxy groups -OCH3 is 1. The van der Waals surface area contributed by atoms with Gasteiger partial charge in [-0.1, -0.05) is 6.07 Å². The highest BCUT2D eigenvalue weighted by Crippen LogP contribution is 2.23. The van der Waals surface area contributed by atoms with E-state index in [1.54, 1.807) is 0 Å². The average molecular weight is 204 g/mol. The Morgan fingerprint density at radius 1 is 1.40 bits per heavy atom. The van der Waals surface area contributed by atoms with Gasteiger partial charge in [0.25, 0.3) is 0 Å². The maximum absolute atomic E-state index is 5.37. The van der Waals surface area contributed by atoms with E-state index in [9.17, 15) is 0 Å². The number of aryl methyl sites for hydroxylation is 1. The van der Waals surface area contributed by atoms with Gasteiger partial charge in [-0.15, -0.1) is 0 Å².